The van der Waals surface area contributed by atoms with Gasteiger partial charge in [0.1, 0.15) is 12.3 Å². The van der Waals surface area contributed by atoms with Crippen LogP contribution in [0, 0.1) is 0 Å². The zero-order chi connectivity index (χ0) is 25.7. The zero-order valence-corrected chi connectivity index (χ0v) is 19.2. The van der Waals surface area contributed by atoms with Crippen LogP contribution in [0.15, 0.2) is 77.9 Å². The number of carbonyl (C=O) groups excluding carboxylic acids is 2. The van der Waals surface area contributed by atoms with Gasteiger partial charge in [0.25, 0.3) is 5.91 Å². The molecular weight excluding hydrogens is 477 g/mol. The highest BCUT2D eigenvalue weighted by atomic mass is 19.4. The van der Waals surface area contributed by atoms with Gasteiger partial charge in [-0.15, -0.1) is 6.58 Å². The van der Waals surface area contributed by atoms with E-state index in [1.165, 1.54) is 23.3 Å². The maximum Gasteiger partial charge on any atom is 0.416 e. The Bertz CT molecular complexity index is 1240. The fourth-order valence-corrected chi connectivity index (χ4v) is 3.73. The van der Waals surface area contributed by atoms with Crippen LogP contribution in [0.4, 0.5) is 13.2 Å². The molecule has 1 aromatic heterocycles. The van der Waals surface area contributed by atoms with Crippen molar-refractivity contribution in [3.05, 3.63) is 96.0 Å². The van der Waals surface area contributed by atoms with Crippen LogP contribution in [-0.4, -0.2) is 41.5 Å². The predicted octanol–water partition coefficient (Wildman–Crippen LogP) is 4.88. The molecule has 0 saturated heterocycles. The van der Waals surface area contributed by atoms with Crippen molar-refractivity contribution in [2.75, 3.05) is 19.9 Å². The molecule has 2 heterocycles. The van der Waals surface area contributed by atoms with E-state index in [0.717, 1.165) is 28.7 Å². The average molecular weight is 500 g/mol. The normalized spacial score (nSPS) is 12.3. The number of fused-ring (bicyclic) bond motifs is 1. The molecule has 0 saturated carbocycles. The van der Waals surface area contributed by atoms with Gasteiger partial charge in [-0.2, -0.15) is 13.2 Å². The van der Waals surface area contributed by atoms with E-state index in [1.54, 1.807) is 30.3 Å². The first-order valence-electron chi connectivity index (χ1n) is 11.0. The first kappa shape index (κ1) is 24.9. The van der Waals surface area contributed by atoms with Crippen molar-refractivity contribution in [2.24, 2.45) is 0 Å². The lowest BCUT2D eigenvalue weighted by molar-refractivity contribution is -0.137. The molecule has 0 bridgehead atoms. The lowest BCUT2D eigenvalue weighted by atomic mass is 10.1. The van der Waals surface area contributed by atoms with Crippen molar-refractivity contribution in [2.45, 2.75) is 19.3 Å². The molecule has 188 valence electrons. The Morgan fingerprint density at radius 2 is 1.78 bits per heavy atom. The fourth-order valence-electron chi connectivity index (χ4n) is 3.73. The fraction of sp³-hybridized carbons (Fsp3) is 0.231. The summed E-state index contributed by atoms with van der Waals surface area (Å²) in [6.07, 6.45) is -1.70. The van der Waals surface area contributed by atoms with E-state index in [4.69, 9.17) is 13.9 Å². The second-order valence-electron chi connectivity index (χ2n) is 8.07. The van der Waals surface area contributed by atoms with Crippen LogP contribution in [0.25, 0.3) is 0 Å². The number of amides is 2. The molecule has 0 atom stereocenters. The minimum atomic E-state index is -4.60. The summed E-state index contributed by atoms with van der Waals surface area (Å²) in [7, 11) is 0. The maximum absolute atomic E-state index is 13.4. The monoisotopic (exact) mass is 500 g/mol. The summed E-state index contributed by atoms with van der Waals surface area (Å²) in [5.41, 5.74) is -0.355. The maximum atomic E-state index is 13.4. The zero-order valence-electron chi connectivity index (χ0n) is 19.2. The van der Waals surface area contributed by atoms with Crippen molar-refractivity contribution in [3.8, 4) is 11.5 Å². The van der Waals surface area contributed by atoms with Gasteiger partial charge in [-0.3, -0.25) is 9.59 Å². The summed E-state index contributed by atoms with van der Waals surface area (Å²) in [6, 6.07) is 12.8. The number of carbonyl (C=O) groups is 2. The highest BCUT2D eigenvalue weighted by molar-refractivity contribution is 5.96. The van der Waals surface area contributed by atoms with Gasteiger partial charge in [0, 0.05) is 18.7 Å². The Morgan fingerprint density at radius 3 is 2.50 bits per heavy atom. The topological polar surface area (TPSA) is 72.2 Å². The summed E-state index contributed by atoms with van der Waals surface area (Å²) in [4.78, 5) is 29.1. The van der Waals surface area contributed by atoms with Crippen LogP contribution in [0.1, 0.15) is 27.2 Å². The standard InChI is InChI=1S/C26H23F3N2O5/c1-2-10-30(25(33)19-5-3-6-20(13-19)26(27,28)29)16-24(32)31(15-21-7-4-11-34-21)14-18-8-9-22-23(12-18)36-17-35-22/h2-9,11-13H,1,10,14-17H2. The van der Waals surface area contributed by atoms with E-state index in [1.807, 2.05) is 0 Å². The van der Waals surface area contributed by atoms with E-state index in [-0.39, 0.29) is 38.5 Å². The second kappa shape index (κ2) is 10.6. The van der Waals surface area contributed by atoms with Crippen molar-refractivity contribution in [3.63, 3.8) is 0 Å². The SMILES string of the molecule is C=CCN(CC(=O)N(Cc1ccc2c(c1)OCO2)Cc1ccco1)C(=O)c1cccc(C(F)(F)F)c1. The number of rotatable bonds is 9. The number of ether oxygens (including phenoxy) is 2. The van der Waals surface area contributed by atoms with Crippen LogP contribution >= 0.6 is 0 Å². The third-order valence-electron chi connectivity index (χ3n) is 5.49. The molecule has 1 aliphatic heterocycles. The molecule has 0 fully saturated rings. The van der Waals surface area contributed by atoms with E-state index >= 15 is 0 Å². The quantitative estimate of drug-likeness (QED) is 0.392. The van der Waals surface area contributed by atoms with Gasteiger partial charge >= 0.3 is 6.18 Å². The lowest BCUT2D eigenvalue weighted by Gasteiger charge is -2.27. The smallest absolute Gasteiger partial charge is 0.416 e. The number of nitrogens with zero attached hydrogens (tertiary/aromatic N) is 2. The number of hydrogen-bond donors (Lipinski definition) is 0. The number of hydrogen-bond acceptors (Lipinski definition) is 5. The van der Waals surface area contributed by atoms with Gasteiger partial charge in [0.05, 0.1) is 18.4 Å². The molecule has 4 rings (SSSR count). The van der Waals surface area contributed by atoms with Gasteiger partial charge in [0.2, 0.25) is 12.7 Å². The van der Waals surface area contributed by atoms with Gasteiger partial charge in [-0.1, -0.05) is 18.2 Å². The average Bonchev–Trinajstić information content (AvgIpc) is 3.54. The molecule has 2 amide bonds. The molecule has 0 N–H and O–H groups in total. The molecule has 0 aliphatic carbocycles. The minimum absolute atomic E-state index is 0.0283. The summed E-state index contributed by atoms with van der Waals surface area (Å²) < 4.78 is 55.6. The van der Waals surface area contributed by atoms with Crippen LogP contribution < -0.4 is 9.47 Å². The molecule has 36 heavy (non-hydrogen) atoms. The van der Waals surface area contributed by atoms with E-state index in [0.29, 0.717) is 17.3 Å². The van der Waals surface area contributed by atoms with Gasteiger partial charge in [-0.05, 0) is 48.0 Å². The van der Waals surface area contributed by atoms with Gasteiger partial charge in [0.15, 0.2) is 11.5 Å². The number of furan rings is 1. The summed E-state index contributed by atoms with van der Waals surface area (Å²) in [6.45, 7) is 3.63. The Balaban J connectivity index is 1.55. The number of benzene rings is 2. The Morgan fingerprint density at radius 1 is 0.972 bits per heavy atom. The Kier molecular flexibility index (Phi) is 7.33. The number of halogens is 3. The van der Waals surface area contributed by atoms with E-state index in [2.05, 4.69) is 6.58 Å². The molecule has 10 heteroatoms. The Labute approximate surface area is 205 Å². The molecule has 0 radical (unpaired) electrons. The minimum Gasteiger partial charge on any atom is -0.467 e. The third kappa shape index (κ3) is 5.88. The second-order valence-corrected chi connectivity index (χ2v) is 8.07. The molecule has 1 aliphatic rings. The highest BCUT2D eigenvalue weighted by Gasteiger charge is 2.31. The van der Waals surface area contributed by atoms with Crippen LogP contribution in [0.2, 0.25) is 0 Å². The molecule has 0 spiro atoms. The summed E-state index contributed by atoms with van der Waals surface area (Å²) in [5, 5.41) is 0. The van der Waals surface area contributed by atoms with Crippen molar-refractivity contribution < 1.29 is 36.7 Å². The summed E-state index contributed by atoms with van der Waals surface area (Å²) >= 11 is 0. The molecule has 0 unspecified atom stereocenters. The predicted molar refractivity (Wildman–Crippen MR) is 123 cm³/mol. The Hall–Kier alpha value is -4.21. The molecular formula is C26H23F3N2O5. The van der Waals surface area contributed by atoms with E-state index in [9.17, 15) is 22.8 Å². The van der Waals surface area contributed by atoms with Crippen LogP contribution in [-0.2, 0) is 24.1 Å². The third-order valence-corrected chi connectivity index (χ3v) is 5.49. The number of alkyl halides is 3. The van der Waals surface area contributed by atoms with Gasteiger partial charge < -0.3 is 23.7 Å². The molecule has 3 aromatic rings. The van der Waals surface area contributed by atoms with Gasteiger partial charge in [-0.25, -0.2) is 0 Å². The largest absolute Gasteiger partial charge is 0.467 e. The lowest BCUT2D eigenvalue weighted by Crippen LogP contribution is -2.42. The van der Waals surface area contributed by atoms with Crippen molar-refractivity contribution in [1.82, 2.24) is 9.80 Å². The van der Waals surface area contributed by atoms with Crippen LogP contribution in [0.5, 0.6) is 11.5 Å². The highest BCUT2D eigenvalue weighted by Crippen LogP contribution is 2.33. The first-order valence-corrected chi connectivity index (χ1v) is 11.0. The van der Waals surface area contributed by atoms with Crippen LogP contribution in [0.3, 0.4) is 0 Å². The summed E-state index contributed by atoms with van der Waals surface area (Å²) in [5.74, 6) is 0.558. The van der Waals surface area contributed by atoms with Crippen molar-refractivity contribution >= 4 is 11.8 Å². The van der Waals surface area contributed by atoms with Crippen molar-refractivity contribution in [1.29, 1.82) is 0 Å². The molecule has 2 aromatic carbocycles. The molecule has 7 nitrogen and oxygen atoms in total. The first-order chi connectivity index (χ1) is 17.2. The van der Waals surface area contributed by atoms with E-state index < -0.39 is 23.6 Å².